The molecule has 4 nitrogen and oxygen atoms in total. The molecule has 0 amide bonds. The van der Waals surface area contributed by atoms with Crippen LogP contribution >= 0.6 is 0 Å². The number of fused-ring (bicyclic) bond motifs is 1. The first-order valence-electron chi connectivity index (χ1n) is 9.55. The van der Waals surface area contributed by atoms with E-state index in [-0.39, 0.29) is 0 Å². The predicted octanol–water partition coefficient (Wildman–Crippen LogP) is 3.24. The van der Waals surface area contributed by atoms with Gasteiger partial charge in [0.2, 0.25) is 0 Å². The Morgan fingerprint density at radius 3 is 2.80 bits per heavy atom. The van der Waals surface area contributed by atoms with Gasteiger partial charge in [-0.2, -0.15) is 0 Å². The topological polar surface area (TPSA) is 41.1 Å². The number of hydrogen-bond donors (Lipinski definition) is 1. The quantitative estimate of drug-likeness (QED) is 0.931. The zero-order valence-corrected chi connectivity index (χ0v) is 15.3. The Kier molecular flexibility index (Phi) is 4.82. The monoisotopic (exact) mass is 336 g/mol. The average Bonchev–Trinajstić information content (AvgIpc) is 3.16. The summed E-state index contributed by atoms with van der Waals surface area (Å²) in [7, 11) is 0. The van der Waals surface area contributed by atoms with Gasteiger partial charge in [-0.25, -0.2) is 9.97 Å². The van der Waals surface area contributed by atoms with Crippen molar-refractivity contribution in [2.45, 2.75) is 51.6 Å². The van der Waals surface area contributed by atoms with Crippen LogP contribution < -0.4 is 5.32 Å². The van der Waals surface area contributed by atoms with E-state index in [1.54, 1.807) is 0 Å². The summed E-state index contributed by atoms with van der Waals surface area (Å²) in [6, 6.07) is 9.08. The van der Waals surface area contributed by atoms with Crippen LogP contribution in [0, 0.1) is 0 Å². The van der Waals surface area contributed by atoms with E-state index in [9.17, 15) is 0 Å². The first-order chi connectivity index (χ1) is 12.2. The number of nitrogens with zero attached hydrogens (tertiary/aromatic N) is 3. The molecule has 1 unspecified atom stereocenters. The smallest absolute Gasteiger partial charge is 0.132 e. The second-order valence-electron chi connectivity index (χ2n) is 7.75. The SMILES string of the molecule is CC(C)c1ccc(CN2CCc3nc(C4CCNC4)ncc3C2)cc1. The Hall–Kier alpha value is -1.78. The van der Waals surface area contributed by atoms with Crippen LogP contribution in [0.2, 0.25) is 0 Å². The number of benzene rings is 1. The third-order valence-electron chi connectivity index (χ3n) is 5.51. The molecule has 1 aromatic carbocycles. The first kappa shape index (κ1) is 16.7. The number of nitrogens with one attached hydrogen (secondary N) is 1. The lowest BCUT2D eigenvalue weighted by atomic mass is 10.0. The van der Waals surface area contributed by atoms with Crippen LogP contribution in [0.25, 0.3) is 0 Å². The van der Waals surface area contributed by atoms with Gasteiger partial charge in [-0.05, 0) is 30.0 Å². The van der Waals surface area contributed by atoms with Crippen molar-refractivity contribution in [3.05, 3.63) is 58.7 Å². The van der Waals surface area contributed by atoms with E-state index in [2.05, 4.69) is 59.5 Å². The molecule has 2 aromatic rings. The molecule has 0 aliphatic carbocycles. The molecule has 25 heavy (non-hydrogen) atoms. The normalized spacial score (nSPS) is 20.8. The van der Waals surface area contributed by atoms with E-state index in [0.29, 0.717) is 11.8 Å². The molecular weight excluding hydrogens is 308 g/mol. The summed E-state index contributed by atoms with van der Waals surface area (Å²) in [5, 5.41) is 3.41. The average molecular weight is 336 g/mol. The molecule has 0 radical (unpaired) electrons. The van der Waals surface area contributed by atoms with Crippen molar-refractivity contribution < 1.29 is 0 Å². The van der Waals surface area contributed by atoms with E-state index in [1.165, 1.54) is 22.4 Å². The maximum absolute atomic E-state index is 4.89. The zero-order chi connectivity index (χ0) is 17.2. The van der Waals surface area contributed by atoms with Crippen LogP contribution in [-0.4, -0.2) is 34.5 Å². The lowest BCUT2D eigenvalue weighted by molar-refractivity contribution is 0.242. The summed E-state index contributed by atoms with van der Waals surface area (Å²) in [6.07, 6.45) is 4.27. The van der Waals surface area contributed by atoms with Gasteiger partial charge in [-0.15, -0.1) is 0 Å². The van der Waals surface area contributed by atoms with Gasteiger partial charge < -0.3 is 5.32 Å². The fraction of sp³-hybridized carbons (Fsp3) is 0.524. The van der Waals surface area contributed by atoms with Crippen LogP contribution in [0.1, 0.15) is 60.3 Å². The van der Waals surface area contributed by atoms with Crippen molar-refractivity contribution >= 4 is 0 Å². The number of aromatic nitrogens is 2. The van der Waals surface area contributed by atoms with Gasteiger partial charge >= 0.3 is 0 Å². The lowest BCUT2D eigenvalue weighted by Gasteiger charge is -2.28. The summed E-state index contributed by atoms with van der Waals surface area (Å²) < 4.78 is 0. The summed E-state index contributed by atoms with van der Waals surface area (Å²) in [4.78, 5) is 12.1. The summed E-state index contributed by atoms with van der Waals surface area (Å²) in [5.41, 5.74) is 5.38. The van der Waals surface area contributed by atoms with Gasteiger partial charge in [0, 0.05) is 56.0 Å². The van der Waals surface area contributed by atoms with Crippen LogP contribution in [0.5, 0.6) is 0 Å². The largest absolute Gasteiger partial charge is 0.316 e. The molecule has 1 fully saturated rings. The van der Waals surface area contributed by atoms with Crippen LogP contribution in [0.15, 0.2) is 30.5 Å². The van der Waals surface area contributed by atoms with Gasteiger partial charge in [0.05, 0.1) is 0 Å². The second-order valence-corrected chi connectivity index (χ2v) is 7.75. The van der Waals surface area contributed by atoms with Crippen molar-refractivity contribution in [3.63, 3.8) is 0 Å². The van der Waals surface area contributed by atoms with Gasteiger partial charge in [0.1, 0.15) is 5.82 Å². The lowest BCUT2D eigenvalue weighted by Crippen LogP contribution is -2.31. The van der Waals surface area contributed by atoms with Crippen molar-refractivity contribution in [1.29, 1.82) is 0 Å². The Morgan fingerprint density at radius 1 is 1.24 bits per heavy atom. The van der Waals surface area contributed by atoms with Gasteiger partial charge in [-0.3, -0.25) is 4.90 Å². The molecule has 4 heteroatoms. The molecule has 0 spiro atoms. The van der Waals surface area contributed by atoms with E-state index < -0.39 is 0 Å². The number of rotatable bonds is 4. The van der Waals surface area contributed by atoms with Crippen molar-refractivity contribution in [2.75, 3.05) is 19.6 Å². The predicted molar refractivity (Wildman–Crippen MR) is 101 cm³/mol. The van der Waals surface area contributed by atoms with E-state index in [4.69, 9.17) is 4.98 Å². The minimum absolute atomic E-state index is 0.503. The molecule has 132 valence electrons. The third-order valence-corrected chi connectivity index (χ3v) is 5.51. The van der Waals surface area contributed by atoms with Crippen molar-refractivity contribution in [1.82, 2.24) is 20.2 Å². The molecular formula is C21H28N4. The minimum atomic E-state index is 0.503. The van der Waals surface area contributed by atoms with Crippen LogP contribution in [0.4, 0.5) is 0 Å². The fourth-order valence-electron chi connectivity index (χ4n) is 3.86. The first-order valence-corrected chi connectivity index (χ1v) is 9.55. The van der Waals surface area contributed by atoms with Crippen LogP contribution in [0.3, 0.4) is 0 Å². The summed E-state index contributed by atoms with van der Waals surface area (Å²) >= 11 is 0. The van der Waals surface area contributed by atoms with Crippen molar-refractivity contribution in [2.24, 2.45) is 0 Å². The third kappa shape index (κ3) is 3.75. The molecule has 1 atom stereocenters. The van der Waals surface area contributed by atoms with E-state index in [0.717, 1.165) is 51.4 Å². The Bertz CT molecular complexity index is 717. The Morgan fingerprint density at radius 2 is 2.08 bits per heavy atom. The molecule has 3 heterocycles. The minimum Gasteiger partial charge on any atom is -0.316 e. The Labute approximate surface area is 150 Å². The Balaban J connectivity index is 1.42. The highest BCUT2D eigenvalue weighted by atomic mass is 15.1. The zero-order valence-electron chi connectivity index (χ0n) is 15.3. The maximum atomic E-state index is 4.89. The van der Waals surface area contributed by atoms with Gasteiger partial charge in [-0.1, -0.05) is 38.1 Å². The highest BCUT2D eigenvalue weighted by molar-refractivity contribution is 5.26. The fourth-order valence-corrected chi connectivity index (χ4v) is 3.86. The molecule has 1 aromatic heterocycles. The molecule has 0 saturated carbocycles. The van der Waals surface area contributed by atoms with Crippen molar-refractivity contribution in [3.8, 4) is 0 Å². The van der Waals surface area contributed by atoms with E-state index >= 15 is 0 Å². The number of hydrogen-bond acceptors (Lipinski definition) is 4. The molecule has 4 rings (SSSR count). The van der Waals surface area contributed by atoms with Gasteiger partial charge in [0.15, 0.2) is 0 Å². The molecule has 0 bridgehead atoms. The molecule has 1 N–H and O–H groups in total. The molecule has 1 saturated heterocycles. The van der Waals surface area contributed by atoms with E-state index in [1.807, 2.05) is 0 Å². The molecule has 2 aliphatic rings. The van der Waals surface area contributed by atoms with Crippen LogP contribution in [-0.2, 0) is 19.5 Å². The molecule has 2 aliphatic heterocycles. The highest BCUT2D eigenvalue weighted by Gasteiger charge is 2.23. The van der Waals surface area contributed by atoms with Gasteiger partial charge in [0.25, 0.3) is 0 Å². The summed E-state index contributed by atoms with van der Waals surface area (Å²) in [5.74, 6) is 2.14. The summed E-state index contributed by atoms with van der Waals surface area (Å²) in [6.45, 7) is 9.65. The highest BCUT2D eigenvalue weighted by Crippen LogP contribution is 2.24. The standard InChI is InChI=1S/C21H28N4/c1-15(2)17-5-3-16(4-6-17)13-25-10-8-20-19(14-25)12-23-21(24-20)18-7-9-22-11-18/h3-6,12,15,18,22H,7-11,13-14H2,1-2H3. The second kappa shape index (κ2) is 7.22. The maximum Gasteiger partial charge on any atom is 0.132 e.